The summed E-state index contributed by atoms with van der Waals surface area (Å²) in [6, 6.07) is 0. The van der Waals surface area contributed by atoms with E-state index < -0.39 is 11.3 Å². The maximum absolute atomic E-state index is 12.4. The molecule has 0 saturated carbocycles. The Kier molecular flexibility index (Phi) is 3.99. The van der Waals surface area contributed by atoms with Gasteiger partial charge >= 0.3 is 11.9 Å². The minimum Gasteiger partial charge on any atom is -0.463 e. The third-order valence-corrected chi connectivity index (χ3v) is 4.22. The van der Waals surface area contributed by atoms with E-state index in [0.29, 0.717) is 26.1 Å². The van der Waals surface area contributed by atoms with Crippen LogP contribution in [0.2, 0.25) is 0 Å². The molecule has 116 valence electrons. The fraction of sp³-hybridized carbons (Fsp3) is 0.733. The first-order chi connectivity index (χ1) is 10.1. The molecule has 0 spiro atoms. The summed E-state index contributed by atoms with van der Waals surface area (Å²) in [6.45, 7) is 3.57. The SMILES string of the molecule is CC1(C(=O)OCC2CO2)CC=CCC1C(=O)OCC1CO1. The van der Waals surface area contributed by atoms with Crippen LogP contribution in [0.15, 0.2) is 12.2 Å². The van der Waals surface area contributed by atoms with Crippen LogP contribution in [0.5, 0.6) is 0 Å². The molecule has 2 fully saturated rings. The topological polar surface area (TPSA) is 77.7 Å². The Bertz CT molecular complexity index is 451. The lowest BCUT2D eigenvalue weighted by molar-refractivity contribution is -0.169. The summed E-state index contributed by atoms with van der Waals surface area (Å²) >= 11 is 0. The molecule has 2 aliphatic heterocycles. The lowest BCUT2D eigenvalue weighted by Gasteiger charge is -2.35. The highest BCUT2D eigenvalue weighted by atomic mass is 16.6. The van der Waals surface area contributed by atoms with Gasteiger partial charge in [-0.3, -0.25) is 9.59 Å². The first kappa shape index (κ1) is 14.5. The lowest BCUT2D eigenvalue weighted by Crippen LogP contribution is -2.43. The van der Waals surface area contributed by atoms with Crippen molar-refractivity contribution in [1.29, 1.82) is 0 Å². The molecular formula is C15H20O6. The van der Waals surface area contributed by atoms with Crippen molar-refractivity contribution in [1.82, 2.24) is 0 Å². The normalized spacial score (nSPS) is 36.9. The molecule has 0 bridgehead atoms. The van der Waals surface area contributed by atoms with E-state index in [1.807, 2.05) is 12.2 Å². The molecule has 0 N–H and O–H groups in total. The molecular weight excluding hydrogens is 276 g/mol. The lowest BCUT2D eigenvalue weighted by atomic mass is 9.70. The van der Waals surface area contributed by atoms with E-state index in [4.69, 9.17) is 18.9 Å². The van der Waals surface area contributed by atoms with E-state index in [0.717, 1.165) is 0 Å². The molecule has 3 rings (SSSR count). The van der Waals surface area contributed by atoms with Crippen molar-refractivity contribution >= 4 is 11.9 Å². The summed E-state index contributed by atoms with van der Waals surface area (Å²) in [5, 5.41) is 0. The molecule has 21 heavy (non-hydrogen) atoms. The smallest absolute Gasteiger partial charge is 0.313 e. The standard InChI is InChI=1S/C15H20O6/c1-15(14(17)21-9-11-7-19-11)5-3-2-4-12(15)13(16)20-8-10-6-18-10/h2-3,10-12H,4-9H2,1H3. The van der Waals surface area contributed by atoms with E-state index in [-0.39, 0.29) is 37.4 Å². The van der Waals surface area contributed by atoms with Gasteiger partial charge in [-0.25, -0.2) is 0 Å². The van der Waals surface area contributed by atoms with Crippen molar-refractivity contribution in [2.75, 3.05) is 26.4 Å². The fourth-order valence-electron chi connectivity index (χ4n) is 2.48. The van der Waals surface area contributed by atoms with Gasteiger partial charge in [0.05, 0.1) is 24.5 Å². The van der Waals surface area contributed by atoms with Gasteiger partial charge in [0.2, 0.25) is 0 Å². The Hall–Kier alpha value is -1.40. The average Bonchev–Trinajstić information content (AvgIpc) is 3.37. The third-order valence-electron chi connectivity index (χ3n) is 4.22. The van der Waals surface area contributed by atoms with E-state index in [9.17, 15) is 9.59 Å². The summed E-state index contributed by atoms with van der Waals surface area (Å²) < 4.78 is 20.6. The minimum atomic E-state index is -0.870. The molecule has 0 aromatic carbocycles. The Morgan fingerprint density at radius 1 is 1.14 bits per heavy atom. The number of epoxide rings is 2. The number of carbonyl (C=O) groups is 2. The minimum absolute atomic E-state index is 0.0223. The molecule has 2 saturated heterocycles. The first-order valence-corrected chi connectivity index (χ1v) is 7.31. The number of hydrogen-bond donors (Lipinski definition) is 0. The number of allylic oxidation sites excluding steroid dienone is 2. The van der Waals surface area contributed by atoms with Gasteiger partial charge in [-0.2, -0.15) is 0 Å². The molecule has 2 heterocycles. The Labute approximate surface area is 123 Å². The quantitative estimate of drug-likeness (QED) is 0.411. The highest BCUT2D eigenvalue weighted by molar-refractivity contribution is 5.85. The van der Waals surface area contributed by atoms with Crippen LogP contribution in [0.1, 0.15) is 19.8 Å². The summed E-state index contributed by atoms with van der Waals surface area (Å²) in [7, 11) is 0. The predicted molar refractivity (Wildman–Crippen MR) is 71.4 cm³/mol. The van der Waals surface area contributed by atoms with Crippen molar-refractivity contribution in [2.24, 2.45) is 11.3 Å². The van der Waals surface area contributed by atoms with Crippen LogP contribution in [0.25, 0.3) is 0 Å². The van der Waals surface area contributed by atoms with E-state index in [1.54, 1.807) is 6.92 Å². The van der Waals surface area contributed by atoms with Crippen LogP contribution in [-0.2, 0) is 28.5 Å². The Morgan fingerprint density at radius 3 is 2.38 bits per heavy atom. The van der Waals surface area contributed by atoms with Gasteiger partial charge in [-0.05, 0) is 19.8 Å². The number of carbonyl (C=O) groups excluding carboxylic acids is 2. The highest BCUT2D eigenvalue weighted by Gasteiger charge is 2.48. The summed E-state index contributed by atoms with van der Waals surface area (Å²) in [4.78, 5) is 24.6. The van der Waals surface area contributed by atoms with Crippen LogP contribution in [0, 0.1) is 11.3 Å². The Morgan fingerprint density at radius 2 is 1.76 bits per heavy atom. The maximum atomic E-state index is 12.4. The van der Waals surface area contributed by atoms with Crippen molar-refractivity contribution in [2.45, 2.75) is 32.0 Å². The van der Waals surface area contributed by atoms with Crippen molar-refractivity contribution in [3.05, 3.63) is 12.2 Å². The zero-order chi connectivity index (χ0) is 14.9. The molecule has 0 aromatic rings. The fourth-order valence-corrected chi connectivity index (χ4v) is 2.48. The summed E-state index contributed by atoms with van der Waals surface area (Å²) in [5.74, 6) is -1.21. The molecule has 4 atom stereocenters. The molecule has 0 radical (unpaired) electrons. The maximum Gasteiger partial charge on any atom is 0.313 e. The van der Waals surface area contributed by atoms with Gasteiger partial charge < -0.3 is 18.9 Å². The molecule has 4 unspecified atom stereocenters. The van der Waals surface area contributed by atoms with E-state index >= 15 is 0 Å². The average molecular weight is 296 g/mol. The van der Waals surface area contributed by atoms with Crippen LogP contribution in [-0.4, -0.2) is 50.6 Å². The van der Waals surface area contributed by atoms with Crippen LogP contribution in [0.4, 0.5) is 0 Å². The summed E-state index contributed by atoms with van der Waals surface area (Å²) in [5.41, 5.74) is -0.870. The monoisotopic (exact) mass is 296 g/mol. The van der Waals surface area contributed by atoms with Gasteiger partial charge in [0.15, 0.2) is 0 Å². The van der Waals surface area contributed by atoms with Gasteiger partial charge in [0.25, 0.3) is 0 Å². The molecule has 0 amide bonds. The number of hydrogen-bond acceptors (Lipinski definition) is 6. The second-order valence-electron chi connectivity index (χ2n) is 6.02. The van der Waals surface area contributed by atoms with Gasteiger partial charge in [-0.15, -0.1) is 0 Å². The van der Waals surface area contributed by atoms with Crippen molar-refractivity contribution < 1.29 is 28.5 Å². The summed E-state index contributed by atoms with van der Waals surface area (Å²) in [6.07, 6.45) is 4.86. The second-order valence-corrected chi connectivity index (χ2v) is 6.02. The molecule has 6 heteroatoms. The zero-order valence-corrected chi connectivity index (χ0v) is 12.1. The first-order valence-electron chi connectivity index (χ1n) is 7.31. The van der Waals surface area contributed by atoms with E-state index in [1.165, 1.54) is 0 Å². The van der Waals surface area contributed by atoms with Crippen LogP contribution >= 0.6 is 0 Å². The molecule has 0 aromatic heterocycles. The van der Waals surface area contributed by atoms with Crippen molar-refractivity contribution in [3.63, 3.8) is 0 Å². The Balaban J connectivity index is 1.61. The molecule has 3 aliphatic rings. The predicted octanol–water partition coefficient (Wildman–Crippen LogP) is 0.843. The zero-order valence-electron chi connectivity index (χ0n) is 12.1. The van der Waals surface area contributed by atoms with Gasteiger partial charge in [-0.1, -0.05) is 12.2 Å². The van der Waals surface area contributed by atoms with Crippen LogP contribution in [0.3, 0.4) is 0 Å². The van der Waals surface area contributed by atoms with Crippen LogP contribution < -0.4 is 0 Å². The second kappa shape index (κ2) is 5.77. The molecule has 1 aliphatic carbocycles. The van der Waals surface area contributed by atoms with Gasteiger partial charge in [0, 0.05) is 0 Å². The third kappa shape index (κ3) is 3.44. The highest BCUT2D eigenvalue weighted by Crippen LogP contribution is 2.40. The largest absolute Gasteiger partial charge is 0.463 e. The van der Waals surface area contributed by atoms with E-state index in [2.05, 4.69) is 0 Å². The van der Waals surface area contributed by atoms with Gasteiger partial charge in [0.1, 0.15) is 25.4 Å². The number of ether oxygens (including phenoxy) is 4. The number of rotatable bonds is 6. The number of esters is 2. The molecule has 6 nitrogen and oxygen atoms in total. The van der Waals surface area contributed by atoms with Crippen molar-refractivity contribution in [3.8, 4) is 0 Å².